The average molecular weight is 297 g/mol. The number of nitrogens with zero attached hydrogens (tertiary/aromatic N) is 3. The van der Waals surface area contributed by atoms with Gasteiger partial charge in [0.2, 0.25) is 5.95 Å². The fourth-order valence-corrected chi connectivity index (χ4v) is 4.90. The van der Waals surface area contributed by atoms with E-state index in [9.17, 15) is 0 Å². The Labute approximate surface area is 122 Å². The predicted molar refractivity (Wildman–Crippen MR) is 78.2 cm³/mol. The Morgan fingerprint density at radius 1 is 1.32 bits per heavy atom. The van der Waals surface area contributed by atoms with Crippen LogP contribution in [0.25, 0.3) is 0 Å². The summed E-state index contributed by atoms with van der Waals surface area (Å²) in [5.74, 6) is 1.25. The van der Waals surface area contributed by atoms with Gasteiger partial charge in [-0.1, -0.05) is 11.6 Å². The summed E-state index contributed by atoms with van der Waals surface area (Å²) < 4.78 is 0. The van der Waals surface area contributed by atoms with Gasteiger partial charge in [0.15, 0.2) is 0 Å². The quantitative estimate of drug-likeness (QED) is 0.850. The second-order valence-electron chi connectivity index (χ2n) is 5.79. The van der Waals surface area contributed by atoms with Gasteiger partial charge in [-0.3, -0.25) is 0 Å². The molecule has 1 aromatic rings. The summed E-state index contributed by atoms with van der Waals surface area (Å²) in [5.41, 5.74) is 1.20. The van der Waals surface area contributed by atoms with E-state index in [4.69, 9.17) is 11.6 Å². The van der Waals surface area contributed by atoms with Gasteiger partial charge >= 0.3 is 0 Å². The highest BCUT2D eigenvalue weighted by atomic mass is 35.5. The molecule has 0 bridgehead atoms. The van der Waals surface area contributed by atoms with E-state index < -0.39 is 0 Å². The van der Waals surface area contributed by atoms with Crippen molar-refractivity contribution in [1.82, 2.24) is 14.9 Å². The molecular weight excluding hydrogens is 280 g/mol. The number of hydrogen-bond acceptors (Lipinski definition) is 5. The minimum atomic E-state index is 0.540. The number of anilines is 1. The lowest BCUT2D eigenvalue weighted by Crippen LogP contribution is -2.36. The summed E-state index contributed by atoms with van der Waals surface area (Å²) in [6.07, 6.45) is 3.61. The first kappa shape index (κ1) is 12.2. The molecule has 2 fully saturated rings. The second kappa shape index (κ2) is 4.50. The molecule has 1 N–H and O–H groups in total. The lowest BCUT2D eigenvalue weighted by atomic mass is 9.91. The molecule has 19 heavy (non-hydrogen) atoms. The van der Waals surface area contributed by atoms with Gasteiger partial charge < -0.3 is 10.2 Å². The number of hydrogen-bond donors (Lipinski definition) is 1. The standard InChI is InChI=1S/C13H17ClN4S/c1-18-5-4-8-9(6-18)19-12-10(8)11(14)16-13(17-12)15-7-2-3-7/h7-9H,2-6H2,1H3,(H,15,16,17). The zero-order chi connectivity index (χ0) is 13.0. The lowest BCUT2D eigenvalue weighted by Gasteiger charge is -2.31. The van der Waals surface area contributed by atoms with Crippen LogP contribution in [-0.4, -0.2) is 46.3 Å². The van der Waals surface area contributed by atoms with E-state index in [2.05, 4.69) is 27.2 Å². The molecule has 0 spiro atoms. The maximum atomic E-state index is 6.42. The van der Waals surface area contributed by atoms with E-state index >= 15 is 0 Å². The third-order valence-corrected chi connectivity index (χ3v) is 5.77. The molecule has 2 unspecified atom stereocenters. The highest BCUT2D eigenvalue weighted by molar-refractivity contribution is 8.00. The zero-order valence-electron chi connectivity index (χ0n) is 10.9. The Kier molecular flexibility index (Phi) is 2.90. The normalized spacial score (nSPS) is 30.0. The smallest absolute Gasteiger partial charge is 0.225 e. The predicted octanol–water partition coefficient (Wildman–Crippen LogP) is 2.60. The van der Waals surface area contributed by atoms with Crippen molar-refractivity contribution < 1.29 is 0 Å². The van der Waals surface area contributed by atoms with E-state index in [0.717, 1.165) is 18.1 Å². The van der Waals surface area contributed by atoms with Crippen LogP contribution >= 0.6 is 23.4 Å². The first-order valence-electron chi connectivity index (χ1n) is 6.90. The third kappa shape index (κ3) is 2.22. The molecule has 3 heterocycles. The van der Waals surface area contributed by atoms with Crippen molar-refractivity contribution in [3.8, 4) is 0 Å². The average Bonchev–Trinajstić information content (AvgIpc) is 3.07. The van der Waals surface area contributed by atoms with Crippen molar-refractivity contribution in [1.29, 1.82) is 0 Å². The summed E-state index contributed by atoms with van der Waals surface area (Å²) in [7, 11) is 2.19. The monoisotopic (exact) mass is 296 g/mol. The molecule has 0 amide bonds. The number of piperidine rings is 1. The minimum Gasteiger partial charge on any atom is -0.351 e. The summed E-state index contributed by atoms with van der Waals surface area (Å²) in [6.45, 7) is 2.26. The van der Waals surface area contributed by atoms with Crippen LogP contribution in [0, 0.1) is 0 Å². The van der Waals surface area contributed by atoms with Gasteiger partial charge in [-0.15, -0.1) is 11.8 Å². The third-order valence-electron chi connectivity index (χ3n) is 4.17. The van der Waals surface area contributed by atoms with Crippen LogP contribution in [0.3, 0.4) is 0 Å². The van der Waals surface area contributed by atoms with Crippen molar-refractivity contribution in [3.05, 3.63) is 10.7 Å². The van der Waals surface area contributed by atoms with Crippen LogP contribution in [0.2, 0.25) is 5.15 Å². The summed E-state index contributed by atoms with van der Waals surface area (Å²) in [6, 6.07) is 0.564. The summed E-state index contributed by atoms with van der Waals surface area (Å²) in [4.78, 5) is 11.5. The van der Waals surface area contributed by atoms with Crippen molar-refractivity contribution in [2.45, 2.75) is 41.5 Å². The summed E-state index contributed by atoms with van der Waals surface area (Å²) >= 11 is 8.30. The van der Waals surface area contributed by atoms with Gasteiger partial charge in [0.1, 0.15) is 10.2 Å². The topological polar surface area (TPSA) is 41.1 Å². The van der Waals surface area contributed by atoms with E-state index in [1.165, 1.54) is 24.8 Å². The SMILES string of the molecule is CN1CCC2c3c(Cl)nc(NC4CC4)nc3SC2C1. The Morgan fingerprint density at radius 2 is 2.16 bits per heavy atom. The fourth-order valence-electron chi connectivity index (χ4n) is 2.96. The van der Waals surface area contributed by atoms with Gasteiger partial charge in [0.05, 0.1) is 0 Å². The largest absolute Gasteiger partial charge is 0.351 e. The lowest BCUT2D eigenvalue weighted by molar-refractivity contribution is 0.264. The van der Waals surface area contributed by atoms with Crippen molar-refractivity contribution in [3.63, 3.8) is 0 Å². The van der Waals surface area contributed by atoms with Crippen molar-refractivity contribution >= 4 is 29.3 Å². The molecular formula is C13H17ClN4S. The Bertz CT molecular complexity index is 520. The molecule has 1 saturated heterocycles. The van der Waals surface area contributed by atoms with E-state index in [0.29, 0.717) is 28.3 Å². The molecule has 4 rings (SSSR count). The first-order chi connectivity index (χ1) is 9.20. The number of rotatable bonds is 2. The van der Waals surface area contributed by atoms with Crippen LogP contribution < -0.4 is 5.32 Å². The van der Waals surface area contributed by atoms with Crippen LogP contribution in [0.15, 0.2) is 5.03 Å². The molecule has 6 heteroatoms. The van der Waals surface area contributed by atoms with Gasteiger partial charge in [0.25, 0.3) is 0 Å². The number of nitrogens with one attached hydrogen (secondary N) is 1. The molecule has 0 radical (unpaired) electrons. The number of likely N-dealkylation sites (tertiary alicyclic amines) is 1. The second-order valence-corrected chi connectivity index (χ2v) is 7.38. The highest BCUT2D eigenvalue weighted by Crippen LogP contribution is 2.50. The minimum absolute atomic E-state index is 0.540. The Balaban J connectivity index is 1.65. The molecule has 1 aliphatic carbocycles. The van der Waals surface area contributed by atoms with Crippen molar-refractivity contribution in [2.24, 2.45) is 0 Å². The molecule has 3 aliphatic rings. The van der Waals surface area contributed by atoms with Gasteiger partial charge in [-0.25, -0.2) is 9.97 Å². The van der Waals surface area contributed by atoms with E-state index in [1.807, 2.05) is 11.8 Å². The number of aromatic nitrogens is 2. The Hall–Kier alpha value is -0.520. The maximum absolute atomic E-state index is 6.42. The molecule has 2 aliphatic heterocycles. The van der Waals surface area contributed by atoms with Gasteiger partial charge in [0, 0.05) is 29.3 Å². The van der Waals surface area contributed by atoms with Crippen LogP contribution in [0.1, 0.15) is 30.7 Å². The zero-order valence-corrected chi connectivity index (χ0v) is 12.5. The molecule has 1 aromatic heterocycles. The van der Waals surface area contributed by atoms with Crippen LogP contribution in [0.5, 0.6) is 0 Å². The summed E-state index contributed by atoms with van der Waals surface area (Å²) in [5, 5.41) is 5.71. The van der Waals surface area contributed by atoms with E-state index in [-0.39, 0.29) is 0 Å². The first-order valence-corrected chi connectivity index (χ1v) is 8.15. The molecule has 0 aromatic carbocycles. The Morgan fingerprint density at radius 3 is 2.95 bits per heavy atom. The number of thioether (sulfide) groups is 1. The number of halogens is 1. The molecule has 2 atom stereocenters. The molecule has 4 nitrogen and oxygen atoms in total. The molecule has 1 saturated carbocycles. The van der Waals surface area contributed by atoms with Crippen LogP contribution in [0.4, 0.5) is 5.95 Å². The van der Waals surface area contributed by atoms with Crippen LogP contribution in [-0.2, 0) is 0 Å². The number of fused-ring (bicyclic) bond motifs is 3. The molecule has 102 valence electrons. The maximum Gasteiger partial charge on any atom is 0.225 e. The van der Waals surface area contributed by atoms with Gasteiger partial charge in [-0.2, -0.15) is 0 Å². The van der Waals surface area contributed by atoms with Crippen molar-refractivity contribution in [2.75, 3.05) is 25.5 Å². The van der Waals surface area contributed by atoms with Gasteiger partial charge in [-0.05, 0) is 32.9 Å². The van der Waals surface area contributed by atoms with E-state index in [1.54, 1.807) is 0 Å². The fraction of sp³-hybridized carbons (Fsp3) is 0.692. The highest BCUT2D eigenvalue weighted by Gasteiger charge is 2.40.